The van der Waals surface area contributed by atoms with Crippen molar-refractivity contribution in [1.29, 1.82) is 0 Å². The number of hydrogen-bond donors (Lipinski definition) is 2. The number of H-pyrrole nitrogens is 1. The van der Waals surface area contributed by atoms with Gasteiger partial charge in [-0.2, -0.15) is 0 Å². The number of nitrogens with zero attached hydrogens (tertiary/aromatic N) is 4. The van der Waals surface area contributed by atoms with E-state index in [1.807, 2.05) is 30.7 Å². The van der Waals surface area contributed by atoms with E-state index in [4.69, 9.17) is 0 Å². The van der Waals surface area contributed by atoms with Crippen molar-refractivity contribution in [2.45, 2.75) is 23.8 Å². The van der Waals surface area contributed by atoms with Gasteiger partial charge in [-0.05, 0) is 31.2 Å². The van der Waals surface area contributed by atoms with Crippen molar-refractivity contribution in [2.24, 2.45) is 7.05 Å². The second kappa shape index (κ2) is 9.31. The molecule has 0 aliphatic rings. The number of rotatable bonds is 7. The van der Waals surface area contributed by atoms with E-state index in [1.165, 1.54) is 30.0 Å². The van der Waals surface area contributed by atoms with Gasteiger partial charge in [0.25, 0.3) is 11.5 Å². The minimum absolute atomic E-state index is 0.00686. The lowest BCUT2D eigenvalue weighted by molar-refractivity contribution is 0.0950. The predicted molar refractivity (Wildman–Crippen MR) is 120 cm³/mol. The minimum Gasteiger partial charge on any atom is -0.351 e. The second-order valence-electron chi connectivity index (χ2n) is 7.17. The summed E-state index contributed by atoms with van der Waals surface area (Å²) in [5.74, 6) is 0.199. The van der Waals surface area contributed by atoms with Crippen LogP contribution in [0, 0.1) is 5.82 Å². The number of carbonyl (C=O) groups excluding carboxylic acids is 1. The molecule has 0 saturated heterocycles. The van der Waals surface area contributed by atoms with Gasteiger partial charge in [0, 0.05) is 20.0 Å². The number of amides is 1. The first kappa shape index (κ1) is 21.7. The lowest BCUT2D eigenvalue weighted by Gasteiger charge is -2.11. The molecule has 0 spiro atoms. The van der Waals surface area contributed by atoms with Crippen molar-refractivity contribution in [3.63, 3.8) is 0 Å². The standard InChI is InChI=1S/C22H21FN6O2S/c1-13(19-25-17-10-6-4-8-15(17)21(31)26-19)32-22-28-27-18(29(22)2)11-12-24-20(30)14-7-3-5-9-16(14)23/h3-10,13H,11-12H2,1-2H3,(H,24,30)(H,25,26,31)/t13-/m1/s1. The molecule has 2 N–H and O–H groups in total. The third-order valence-electron chi connectivity index (χ3n) is 4.98. The lowest BCUT2D eigenvalue weighted by Crippen LogP contribution is -2.27. The average molecular weight is 453 g/mol. The summed E-state index contributed by atoms with van der Waals surface area (Å²) in [6.45, 7) is 2.22. The SMILES string of the molecule is C[C@@H](Sc1nnc(CCNC(=O)c2ccccc2F)n1C)c1nc2ccccc2c(=O)[nH]1. The highest BCUT2D eigenvalue weighted by atomic mass is 32.2. The Morgan fingerprint density at radius 3 is 2.75 bits per heavy atom. The van der Waals surface area contributed by atoms with E-state index in [-0.39, 0.29) is 16.4 Å². The molecule has 1 atom stereocenters. The number of carbonyl (C=O) groups is 1. The lowest BCUT2D eigenvalue weighted by atomic mass is 10.2. The van der Waals surface area contributed by atoms with Gasteiger partial charge in [-0.25, -0.2) is 9.37 Å². The molecule has 2 heterocycles. The molecule has 0 aliphatic carbocycles. The van der Waals surface area contributed by atoms with Gasteiger partial charge in [-0.3, -0.25) is 9.59 Å². The van der Waals surface area contributed by atoms with Gasteiger partial charge in [0.1, 0.15) is 17.5 Å². The smallest absolute Gasteiger partial charge is 0.258 e. The van der Waals surface area contributed by atoms with Crippen LogP contribution < -0.4 is 10.9 Å². The minimum atomic E-state index is -0.559. The first-order chi connectivity index (χ1) is 15.4. The molecule has 164 valence electrons. The Kier molecular flexibility index (Phi) is 6.31. The number of halogens is 1. The van der Waals surface area contributed by atoms with Crippen molar-refractivity contribution in [2.75, 3.05) is 6.54 Å². The summed E-state index contributed by atoms with van der Waals surface area (Å²) < 4.78 is 15.5. The van der Waals surface area contributed by atoms with Crippen LogP contribution in [0.2, 0.25) is 0 Å². The Hall–Kier alpha value is -3.53. The van der Waals surface area contributed by atoms with Gasteiger partial charge >= 0.3 is 0 Å². The van der Waals surface area contributed by atoms with Crippen LogP contribution in [0.25, 0.3) is 10.9 Å². The Morgan fingerprint density at radius 2 is 1.94 bits per heavy atom. The topological polar surface area (TPSA) is 106 Å². The van der Waals surface area contributed by atoms with Gasteiger partial charge in [-0.15, -0.1) is 10.2 Å². The molecule has 0 radical (unpaired) electrons. The summed E-state index contributed by atoms with van der Waals surface area (Å²) in [4.78, 5) is 31.9. The fourth-order valence-corrected chi connectivity index (χ4v) is 4.10. The first-order valence-corrected chi connectivity index (χ1v) is 10.9. The number of hydrogen-bond acceptors (Lipinski definition) is 6. The summed E-state index contributed by atoms with van der Waals surface area (Å²) in [7, 11) is 1.83. The molecule has 8 nitrogen and oxygen atoms in total. The van der Waals surface area contributed by atoms with Crippen LogP contribution in [-0.2, 0) is 13.5 Å². The molecule has 0 unspecified atom stereocenters. The number of fused-ring (bicyclic) bond motifs is 1. The maximum atomic E-state index is 13.7. The maximum absolute atomic E-state index is 13.7. The van der Waals surface area contributed by atoms with Crippen molar-refractivity contribution in [3.05, 3.63) is 81.9 Å². The summed E-state index contributed by atoms with van der Waals surface area (Å²) in [6, 6.07) is 13.0. The van der Waals surface area contributed by atoms with Crippen molar-refractivity contribution < 1.29 is 9.18 Å². The molecular weight excluding hydrogens is 431 g/mol. The van der Waals surface area contributed by atoms with Crippen LogP contribution in [0.15, 0.2) is 58.5 Å². The number of aromatic amines is 1. The molecule has 32 heavy (non-hydrogen) atoms. The van der Waals surface area contributed by atoms with Gasteiger partial charge in [-0.1, -0.05) is 36.0 Å². The first-order valence-electron chi connectivity index (χ1n) is 10.0. The third-order valence-corrected chi connectivity index (χ3v) is 6.12. The zero-order chi connectivity index (χ0) is 22.7. The molecule has 0 aliphatic heterocycles. The Balaban J connectivity index is 1.40. The molecule has 4 rings (SSSR count). The van der Waals surface area contributed by atoms with Gasteiger partial charge in [0.15, 0.2) is 5.16 Å². The molecule has 0 saturated carbocycles. The predicted octanol–water partition coefficient (Wildman–Crippen LogP) is 3.02. The average Bonchev–Trinajstić information content (AvgIpc) is 3.13. The van der Waals surface area contributed by atoms with Gasteiger partial charge in [0.05, 0.1) is 21.7 Å². The zero-order valence-corrected chi connectivity index (χ0v) is 18.3. The van der Waals surface area contributed by atoms with E-state index in [1.54, 1.807) is 18.2 Å². The monoisotopic (exact) mass is 452 g/mol. The molecule has 2 aromatic heterocycles. The van der Waals surface area contributed by atoms with Crippen molar-refractivity contribution in [3.8, 4) is 0 Å². The van der Waals surface area contributed by atoms with Gasteiger partial charge < -0.3 is 14.9 Å². The number of aromatic nitrogens is 5. The summed E-state index contributed by atoms with van der Waals surface area (Å²) in [5.41, 5.74) is 0.470. The molecule has 4 aromatic rings. The van der Waals surface area contributed by atoms with E-state index in [0.717, 1.165) is 0 Å². The molecule has 0 fully saturated rings. The highest BCUT2D eigenvalue weighted by molar-refractivity contribution is 7.99. The van der Waals surface area contributed by atoms with Gasteiger partial charge in [0.2, 0.25) is 0 Å². The van der Waals surface area contributed by atoms with E-state index >= 15 is 0 Å². The van der Waals surface area contributed by atoms with Crippen LogP contribution in [0.5, 0.6) is 0 Å². The van der Waals surface area contributed by atoms with E-state index in [2.05, 4.69) is 25.5 Å². The number of para-hydroxylation sites is 1. The quantitative estimate of drug-likeness (QED) is 0.418. The van der Waals surface area contributed by atoms with Crippen LogP contribution in [0.4, 0.5) is 4.39 Å². The number of nitrogens with one attached hydrogen (secondary N) is 2. The fourth-order valence-electron chi connectivity index (χ4n) is 3.20. The highest BCUT2D eigenvalue weighted by Crippen LogP contribution is 2.31. The summed E-state index contributed by atoms with van der Waals surface area (Å²) in [6.07, 6.45) is 0.434. The molecule has 2 aromatic carbocycles. The fraction of sp³-hybridized carbons (Fsp3) is 0.227. The Morgan fingerprint density at radius 1 is 1.19 bits per heavy atom. The van der Waals surface area contributed by atoms with E-state index < -0.39 is 11.7 Å². The van der Waals surface area contributed by atoms with Crippen molar-refractivity contribution >= 4 is 28.6 Å². The van der Waals surface area contributed by atoms with E-state index in [0.29, 0.717) is 40.7 Å². The number of benzene rings is 2. The largest absolute Gasteiger partial charge is 0.351 e. The summed E-state index contributed by atoms with van der Waals surface area (Å²) in [5, 5.41) is 12.2. The van der Waals surface area contributed by atoms with Crippen LogP contribution in [0.1, 0.15) is 34.2 Å². The molecule has 1 amide bonds. The Bertz CT molecular complexity index is 1340. The second-order valence-corrected chi connectivity index (χ2v) is 8.48. The maximum Gasteiger partial charge on any atom is 0.258 e. The van der Waals surface area contributed by atoms with Crippen LogP contribution in [0.3, 0.4) is 0 Å². The molecular formula is C22H21FN6O2S. The third kappa shape index (κ3) is 4.54. The summed E-state index contributed by atoms with van der Waals surface area (Å²) >= 11 is 1.42. The normalized spacial score (nSPS) is 12.1. The van der Waals surface area contributed by atoms with E-state index in [9.17, 15) is 14.0 Å². The molecule has 10 heteroatoms. The molecule has 0 bridgehead atoms. The van der Waals surface area contributed by atoms with Crippen LogP contribution >= 0.6 is 11.8 Å². The Labute approximate surface area is 187 Å². The number of thioether (sulfide) groups is 1. The zero-order valence-electron chi connectivity index (χ0n) is 17.5. The van der Waals surface area contributed by atoms with Crippen LogP contribution in [-0.4, -0.2) is 37.2 Å². The highest BCUT2D eigenvalue weighted by Gasteiger charge is 2.17. The van der Waals surface area contributed by atoms with Crippen molar-refractivity contribution in [1.82, 2.24) is 30.0 Å².